The topological polar surface area (TPSA) is 81.4 Å². The van der Waals surface area contributed by atoms with Crippen LogP contribution in [0.4, 0.5) is 0 Å². The second-order valence-electron chi connectivity index (χ2n) is 5.09. The molecule has 0 aromatic rings. The van der Waals surface area contributed by atoms with Crippen LogP contribution in [0, 0.1) is 5.92 Å². The second kappa shape index (κ2) is 10.6. The summed E-state index contributed by atoms with van der Waals surface area (Å²) in [6.07, 6.45) is 8.52. The van der Waals surface area contributed by atoms with E-state index in [2.05, 4.69) is 18.5 Å². The van der Waals surface area contributed by atoms with E-state index in [1.54, 1.807) is 18.2 Å². The summed E-state index contributed by atoms with van der Waals surface area (Å²) in [5.74, 6) is -1.10. The molecular weight excluding hydrogens is 280 g/mol. The van der Waals surface area contributed by atoms with Crippen molar-refractivity contribution >= 4 is 11.9 Å². The van der Waals surface area contributed by atoms with Crippen LogP contribution in [-0.2, 0) is 14.3 Å². The minimum Gasteiger partial charge on any atom is -0.460 e. The van der Waals surface area contributed by atoms with Gasteiger partial charge in [0.15, 0.2) is 0 Å². The van der Waals surface area contributed by atoms with Crippen molar-refractivity contribution in [3.05, 3.63) is 49.1 Å². The highest BCUT2D eigenvalue weighted by atomic mass is 16.5. The number of amides is 1. The van der Waals surface area contributed by atoms with Crippen LogP contribution in [0.25, 0.3) is 0 Å². The fourth-order valence-corrected chi connectivity index (χ4v) is 1.53. The highest BCUT2D eigenvalue weighted by Crippen LogP contribution is 2.07. The zero-order valence-corrected chi connectivity index (χ0v) is 13.5. The van der Waals surface area contributed by atoms with Crippen molar-refractivity contribution < 1.29 is 14.3 Å². The van der Waals surface area contributed by atoms with Crippen LogP contribution >= 0.6 is 0 Å². The third kappa shape index (κ3) is 7.04. The van der Waals surface area contributed by atoms with Crippen LogP contribution < -0.4 is 11.1 Å². The average Bonchev–Trinajstić information content (AvgIpc) is 2.48. The van der Waals surface area contributed by atoms with Gasteiger partial charge in [-0.3, -0.25) is 4.79 Å². The molecule has 5 nitrogen and oxygen atoms in total. The Morgan fingerprint density at radius 1 is 1.32 bits per heavy atom. The Labute approximate surface area is 132 Å². The number of ether oxygens (including phenoxy) is 1. The number of rotatable bonds is 9. The Bertz CT molecular complexity index is 465. The predicted octanol–water partition coefficient (Wildman–Crippen LogP) is 1.87. The van der Waals surface area contributed by atoms with E-state index in [0.717, 1.165) is 0 Å². The molecule has 0 radical (unpaired) electrons. The van der Waals surface area contributed by atoms with Crippen molar-refractivity contribution in [2.45, 2.75) is 32.9 Å². The summed E-state index contributed by atoms with van der Waals surface area (Å²) in [5.41, 5.74) is 6.29. The summed E-state index contributed by atoms with van der Waals surface area (Å²) in [5, 5.41) is 2.61. The van der Waals surface area contributed by atoms with Crippen LogP contribution in [-0.4, -0.2) is 30.6 Å². The molecule has 1 amide bonds. The molecule has 0 aromatic heterocycles. The SMILES string of the molecule is C=CCOC(=O)[C@@H](NC(=O)[C@@H](N)C(=C)/C=C\C=C/C)C(C)C. The normalized spacial score (nSPS) is 14.0. The van der Waals surface area contributed by atoms with Gasteiger partial charge >= 0.3 is 5.97 Å². The van der Waals surface area contributed by atoms with Gasteiger partial charge < -0.3 is 15.8 Å². The quantitative estimate of drug-likeness (QED) is 0.387. The molecule has 0 heterocycles. The Morgan fingerprint density at radius 2 is 1.95 bits per heavy atom. The fourth-order valence-electron chi connectivity index (χ4n) is 1.53. The molecule has 122 valence electrons. The lowest BCUT2D eigenvalue weighted by Gasteiger charge is -2.22. The van der Waals surface area contributed by atoms with E-state index in [0.29, 0.717) is 5.57 Å². The van der Waals surface area contributed by atoms with E-state index in [9.17, 15) is 9.59 Å². The van der Waals surface area contributed by atoms with Crippen molar-refractivity contribution in [3.63, 3.8) is 0 Å². The summed E-state index contributed by atoms with van der Waals surface area (Å²) in [6.45, 7) is 12.8. The molecule has 0 fully saturated rings. The molecular formula is C17H26N2O3. The lowest BCUT2D eigenvalue weighted by molar-refractivity contribution is -0.148. The monoisotopic (exact) mass is 306 g/mol. The van der Waals surface area contributed by atoms with Gasteiger partial charge in [-0.25, -0.2) is 4.79 Å². The maximum absolute atomic E-state index is 12.1. The maximum Gasteiger partial charge on any atom is 0.329 e. The van der Waals surface area contributed by atoms with Crippen LogP contribution in [0.3, 0.4) is 0 Å². The van der Waals surface area contributed by atoms with Crippen LogP contribution in [0.2, 0.25) is 0 Å². The molecule has 0 saturated heterocycles. The number of hydrogen-bond acceptors (Lipinski definition) is 4. The van der Waals surface area contributed by atoms with Crippen molar-refractivity contribution in [1.29, 1.82) is 0 Å². The molecule has 0 aliphatic rings. The summed E-state index contributed by atoms with van der Waals surface area (Å²) in [7, 11) is 0. The molecule has 0 rings (SSSR count). The summed E-state index contributed by atoms with van der Waals surface area (Å²) < 4.78 is 4.98. The first kappa shape index (κ1) is 19.9. The molecule has 0 bridgehead atoms. The summed E-state index contributed by atoms with van der Waals surface area (Å²) in [4.78, 5) is 24.0. The zero-order valence-electron chi connectivity index (χ0n) is 13.5. The molecule has 5 heteroatoms. The molecule has 0 aromatic carbocycles. The van der Waals surface area contributed by atoms with E-state index in [4.69, 9.17) is 10.5 Å². The molecule has 0 unspecified atom stereocenters. The number of nitrogens with two attached hydrogens (primary N) is 1. The minimum atomic E-state index is -0.921. The van der Waals surface area contributed by atoms with Gasteiger partial charge in [0.25, 0.3) is 0 Å². The Hall–Kier alpha value is -2.14. The van der Waals surface area contributed by atoms with Gasteiger partial charge in [0.05, 0.1) is 0 Å². The second-order valence-corrected chi connectivity index (χ2v) is 5.09. The van der Waals surface area contributed by atoms with Crippen LogP contribution in [0.15, 0.2) is 49.1 Å². The molecule has 0 aliphatic carbocycles. The highest BCUT2D eigenvalue weighted by Gasteiger charge is 2.27. The van der Waals surface area contributed by atoms with Gasteiger partial charge in [0.1, 0.15) is 18.7 Å². The maximum atomic E-state index is 12.1. The van der Waals surface area contributed by atoms with Crippen molar-refractivity contribution in [3.8, 4) is 0 Å². The third-order valence-corrected chi connectivity index (χ3v) is 2.86. The van der Waals surface area contributed by atoms with Gasteiger partial charge in [-0.2, -0.15) is 0 Å². The summed E-state index contributed by atoms with van der Waals surface area (Å²) in [6, 6.07) is -1.68. The van der Waals surface area contributed by atoms with E-state index >= 15 is 0 Å². The number of allylic oxidation sites excluding steroid dienone is 3. The van der Waals surface area contributed by atoms with Crippen molar-refractivity contribution in [1.82, 2.24) is 5.32 Å². The van der Waals surface area contributed by atoms with Gasteiger partial charge in [0.2, 0.25) is 5.91 Å². The summed E-state index contributed by atoms with van der Waals surface area (Å²) >= 11 is 0. The smallest absolute Gasteiger partial charge is 0.329 e. The number of nitrogens with one attached hydrogen (secondary N) is 1. The minimum absolute atomic E-state index is 0.1000. The van der Waals surface area contributed by atoms with Gasteiger partial charge in [-0.05, 0) is 18.4 Å². The number of carbonyl (C=O) groups is 2. The van der Waals surface area contributed by atoms with E-state index < -0.39 is 24.0 Å². The van der Waals surface area contributed by atoms with Gasteiger partial charge in [-0.1, -0.05) is 57.4 Å². The van der Waals surface area contributed by atoms with Crippen LogP contribution in [0.1, 0.15) is 20.8 Å². The number of hydrogen-bond donors (Lipinski definition) is 2. The van der Waals surface area contributed by atoms with Crippen molar-refractivity contribution in [2.24, 2.45) is 11.7 Å². The van der Waals surface area contributed by atoms with Gasteiger partial charge in [-0.15, -0.1) is 0 Å². The highest BCUT2D eigenvalue weighted by molar-refractivity contribution is 5.89. The largest absolute Gasteiger partial charge is 0.460 e. The van der Waals surface area contributed by atoms with Crippen LogP contribution in [0.5, 0.6) is 0 Å². The third-order valence-electron chi connectivity index (χ3n) is 2.86. The zero-order chi connectivity index (χ0) is 17.1. The lowest BCUT2D eigenvalue weighted by atomic mass is 10.0. The van der Waals surface area contributed by atoms with E-state index in [1.165, 1.54) is 6.08 Å². The van der Waals surface area contributed by atoms with Gasteiger partial charge in [0, 0.05) is 0 Å². The molecule has 0 spiro atoms. The molecule has 22 heavy (non-hydrogen) atoms. The first-order valence-corrected chi connectivity index (χ1v) is 7.16. The first-order valence-electron chi connectivity index (χ1n) is 7.16. The van der Waals surface area contributed by atoms with E-state index in [-0.39, 0.29) is 12.5 Å². The fraction of sp³-hybridized carbons (Fsp3) is 0.412. The molecule has 0 aliphatic heterocycles. The Morgan fingerprint density at radius 3 is 2.45 bits per heavy atom. The first-order chi connectivity index (χ1) is 10.3. The molecule has 0 saturated carbocycles. The predicted molar refractivity (Wildman–Crippen MR) is 89.0 cm³/mol. The molecule has 3 N–H and O–H groups in total. The Kier molecular flexibility index (Phi) is 9.54. The standard InChI is InChI=1S/C17H26N2O3/c1-6-8-9-10-13(5)14(18)16(20)19-15(12(3)4)17(21)22-11-7-2/h6-10,12,14-15H,2,5,11,18H2,1,3-4H3,(H,19,20)/b8-6-,10-9-/t14-,15-/m0/s1. The average molecular weight is 306 g/mol. The number of carbonyl (C=O) groups excluding carboxylic acids is 2. The van der Waals surface area contributed by atoms with Crippen molar-refractivity contribution in [2.75, 3.05) is 6.61 Å². The van der Waals surface area contributed by atoms with E-state index in [1.807, 2.05) is 26.8 Å². The number of esters is 1. The Balaban J connectivity index is 4.78. The molecule has 2 atom stereocenters. The lowest BCUT2D eigenvalue weighted by Crippen LogP contribution is -2.51.